The molecule has 0 aromatic heterocycles. The van der Waals surface area contributed by atoms with E-state index in [1.165, 1.54) is 51.4 Å². The first-order valence-corrected chi connectivity index (χ1v) is 53.0. The first-order chi connectivity index (χ1) is 53.8. The van der Waals surface area contributed by atoms with E-state index in [-0.39, 0.29) is 49.9 Å². The number of hydrogen-bond donors (Lipinski definition) is 32. The summed E-state index contributed by atoms with van der Waals surface area (Å²) < 4.78 is 0. The topological polar surface area (TPSA) is 248 Å². The molecule has 20 N–H and O–H groups in total. The quantitative estimate of drug-likeness (QED) is 0.0253. The van der Waals surface area contributed by atoms with Crippen molar-refractivity contribution in [1.82, 2.24) is 63.8 Å². The lowest BCUT2D eigenvalue weighted by molar-refractivity contribution is 0.263. The fourth-order valence-corrected chi connectivity index (χ4v) is 16.0. The Balaban J connectivity index is -0.000000188. The van der Waals surface area contributed by atoms with Gasteiger partial charge in [-0.3, -0.25) is 0 Å². The highest BCUT2D eigenvalue weighted by atomic mass is 32.1. The minimum Gasteiger partial charge on any atom is -0.330 e. The summed E-state index contributed by atoms with van der Waals surface area (Å²) in [6.45, 7) is 44.5. The standard InChI is InChI=1S/C13H30N2S2.C12H28N2S2.2C11H26N2S2.C10H24N2S2.2C9H22N2S2.C7H18N2S2/c1-5-14-9-12(3,10-16)7-8-13(4,11-17)15-6-2;1-5-14-12(3,10-16)7-6-11(2,9-15)8-13-4;1-10(8-14,7-12-3)5-6-11(2,9-15)13-4;1-3-12-7-10(8-14)5-6-11(9-15)13-4-2;1-3-12-10(8-14)5-4-9(7-13)6-11-2;1-10-5-8(6-12)3-4-9(7-13)11-2;1-8(5-10,6-12)3-4-9(2,11)7-13;8-3-6(4-10)1-2-7(9)5-11/h14-17H,5-11H2,1-4H3;13-16H,5-10H2,1-4H3;12-15H,5-9H2,1-4H3;10-15H,3-9H2,1-2H3;9-14H,3-8H2,1-2H3;8-13H,3-7H2,1-2H3;12-13H,3-7,10-11H2,1-2H3;6-7,10-11H,1-5,8-9H2/t12-,13-;11-,12-;2*10-,11-;9-,10-;2*8-,9-;6-,7-/m00011101/s1. The maximum absolute atomic E-state index is 5.99. The van der Waals surface area contributed by atoms with Crippen LogP contribution in [0.2, 0.25) is 0 Å². The first kappa shape index (κ1) is 134. The highest BCUT2D eigenvalue weighted by Crippen LogP contribution is 2.32. The highest BCUT2D eigenvalue weighted by molar-refractivity contribution is 7.82. The maximum Gasteiger partial charge on any atom is 0.0241 e. The smallest absolute Gasteiger partial charge is 0.0241 e. The molecule has 0 rings (SSSR count). The highest BCUT2D eigenvalue weighted by Gasteiger charge is 2.32. The van der Waals surface area contributed by atoms with Crippen LogP contribution in [0.5, 0.6) is 0 Å². The van der Waals surface area contributed by atoms with Crippen molar-refractivity contribution >= 4 is 202 Å². The molecule has 0 bridgehead atoms. The second kappa shape index (κ2) is 88.6. The number of hydrogen-bond acceptors (Lipinski definition) is 32. The van der Waals surface area contributed by atoms with Crippen molar-refractivity contribution in [1.29, 1.82) is 0 Å². The van der Waals surface area contributed by atoms with Crippen LogP contribution >= 0.6 is 202 Å². The lowest BCUT2D eigenvalue weighted by Gasteiger charge is -2.35. The van der Waals surface area contributed by atoms with Gasteiger partial charge >= 0.3 is 0 Å². The summed E-state index contributed by atoms with van der Waals surface area (Å²) in [5.74, 6) is 16.8. The van der Waals surface area contributed by atoms with Crippen LogP contribution in [0.3, 0.4) is 0 Å². The van der Waals surface area contributed by atoms with Gasteiger partial charge in [-0.2, -0.15) is 202 Å². The van der Waals surface area contributed by atoms with Gasteiger partial charge in [0, 0.05) is 112 Å². The van der Waals surface area contributed by atoms with E-state index in [1.807, 2.05) is 49.2 Å². The molecule has 700 valence electrons. The molecule has 0 unspecified atom stereocenters. The number of nitrogens with one attached hydrogen (secondary N) is 12. The molecule has 0 radical (unpaired) electrons. The van der Waals surface area contributed by atoms with Gasteiger partial charge in [-0.05, 0) is 336 Å². The summed E-state index contributed by atoms with van der Waals surface area (Å²) in [5.41, 5.74) is 24.1. The van der Waals surface area contributed by atoms with E-state index in [4.69, 9.17) is 22.9 Å². The van der Waals surface area contributed by atoms with E-state index in [0.717, 1.165) is 216 Å². The molecular formula is C82H196N16S16. The van der Waals surface area contributed by atoms with Gasteiger partial charge in [0.05, 0.1) is 0 Å². The van der Waals surface area contributed by atoms with Crippen LogP contribution in [0, 0.1) is 45.3 Å². The van der Waals surface area contributed by atoms with E-state index in [0.29, 0.717) is 60.6 Å². The molecule has 0 saturated carbocycles. The van der Waals surface area contributed by atoms with Gasteiger partial charge in [0.1, 0.15) is 0 Å². The Hall–Kier alpha value is 4.96. The van der Waals surface area contributed by atoms with E-state index in [9.17, 15) is 0 Å². The Labute approximate surface area is 798 Å². The lowest BCUT2D eigenvalue weighted by Crippen LogP contribution is -2.46. The molecule has 0 aromatic carbocycles. The van der Waals surface area contributed by atoms with Gasteiger partial charge < -0.3 is 86.7 Å². The molecule has 0 aliphatic carbocycles. The zero-order valence-corrected chi connectivity index (χ0v) is 90.9. The van der Waals surface area contributed by atoms with E-state index < -0.39 is 0 Å². The molecule has 16 atom stereocenters. The Bertz CT molecular complexity index is 1900. The molecule has 0 aliphatic heterocycles. The van der Waals surface area contributed by atoms with Crippen molar-refractivity contribution in [3.8, 4) is 0 Å². The Morgan fingerprint density at radius 1 is 0.307 bits per heavy atom. The summed E-state index contributed by atoms with van der Waals surface area (Å²) in [5, 5.41) is 40.3. The van der Waals surface area contributed by atoms with E-state index in [2.05, 4.69) is 356 Å². The van der Waals surface area contributed by atoms with Gasteiger partial charge in [0.2, 0.25) is 0 Å². The van der Waals surface area contributed by atoms with Crippen LogP contribution in [0.1, 0.15) is 200 Å². The average Bonchev–Trinajstić information content (AvgIpc) is 0.887. The van der Waals surface area contributed by atoms with Crippen LogP contribution in [-0.2, 0) is 0 Å². The van der Waals surface area contributed by atoms with Crippen molar-refractivity contribution < 1.29 is 0 Å². The molecule has 0 heterocycles. The summed E-state index contributed by atoms with van der Waals surface area (Å²) in [7, 11) is 12.0. The van der Waals surface area contributed by atoms with E-state index >= 15 is 0 Å². The number of thiol groups is 16. The lowest BCUT2D eigenvalue weighted by atomic mass is 9.82. The molecule has 32 heteroatoms. The summed E-state index contributed by atoms with van der Waals surface area (Å²) in [6, 6.07) is 1.87. The Morgan fingerprint density at radius 3 is 0.912 bits per heavy atom. The van der Waals surface area contributed by atoms with Crippen LogP contribution in [0.25, 0.3) is 0 Å². The fourth-order valence-electron chi connectivity index (χ4n) is 11.4. The number of rotatable bonds is 66. The van der Waals surface area contributed by atoms with Crippen molar-refractivity contribution in [3.63, 3.8) is 0 Å². The molecule has 0 amide bonds. The predicted molar refractivity (Wildman–Crippen MR) is 583 cm³/mol. The van der Waals surface area contributed by atoms with E-state index in [1.54, 1.807) is 0 Å². The Kier molecular flexibility index (Phi) is 104. The van der Waals surface area contributed by atoms with Crippen LogP contribution in [0.15, 0.2) is 0 Å². The van der Waals surface area contributed by atoms with Crippen LogP contribution < -0.4 is 86.7 Å². The minimum absolute atomic E-state index is 0.118. The zero-order valence-electron chi connectivity index (χ0n) is 76.6. The third kappa shape index (κ3) is 80.3. The van der Waals surface area contributed by atoms with Crippen molar-refractivity contribution in [3.05, 3.63) is 0 Å². The molecule has 16 nitrogen and oxygen atoms in total. The summed E-state index contributed by atoms with van der Waals surface area (Å²) in [6.07, 6.45) is 18.2. The molecule has 114 heavy (non-hydrogen) atoms. The molecule has 0 saturated heterocycles. The minimum atomic E-state index is -0.178. The van der Waals surface area contributed by atoms with Crippen molar-refractivity contribution in [2.75, 3.05) is 226 Å². The van der Waals surface area contributed by atoms with Crippen LogP contribution in [-0.4, -0.2) is 272 Å². The third-order valence-electron chi connectivity index (χ3n) is 21.4. The second-order valence-electron chi connectivity index (χ2n) is 33.8. The normalized spacial score (nSPS) is 17.7. The predicted octanol–water partition coefficient (Wildman–Crippen LogP) is 12.8. The SMILES string of the molecule is CCNC[C@@](C)(CS)CC[C@@](C)(CS)NCC.CCNC[C@H](CS)CC[C@H](CS)NCC.CCN[C@@H](CS)CC[C@@H](CS)CNC.CCN[C@](C)(CS)CC[C@](C)(CS)CNC.CNC[C@@](C)(CS)CC[C@@](C)(CS)NC.CNC[C@H](CS)CC[C@H](CS)NC.C[C@@](N)(CS)CC[C@@](C)(CN)CS.NC[C@H](CS)CC[C@@H](N)CS. The molecule has 0 spiro atoms. The summed E-state index contributed by atoms with van der Waals surface area (Å²) >= 11 is 69.6. The molecule has 0 fully saturated rings. The van der Waals surface area contributed by atoms with Gasteiger partial charge in [-0.15, -0.1) is 0 Å². The van der Waals surface area contributed by atoms with Gasteiger partial charge in [0.25, 0.3) is 0 Å². The number of nitrogens with two attached hydrogens (primary N) is 4. The monoisotopic (exact) mass is 1920 g/mol. The first-order valence-electron chi connectivity index (χ1n) is 42.8. The van der Waals surface area contributed by atoms with Crippen molar-refractivity contribution in [2.24, 2.45) is 68.3 Å². The average molecular weight is 1920 g/mol. The van der Waals surface area contributed by atoms with Gasteiger partial charge in [-0.25, -0.2) is 0 Å². The van der Waals surface area contributed by atoms with Gasteiger partial charge in [0.15, 0.2) is 0 Å². The second-order valence-corrected chi connectivity index (χ2v) is 39.3. The summed E-state index contributed by atoms with van der Waals surface area (Å²) in [4.78, 5) is 0. The largest absolute Gasteiger partial charge is 0.330 e. The zero-order chi connectivity index (χ0) is 89.6. The maximum atomic E-state index is 5.99. The molecular weight excluding hydrogens is 1720 g/mol. The van der Waals surface area contributed by atoms with Crippen molar-refractivity contribution in [2.45, 2.75) is 246 Å². The molecule has 0 aromatic rings. The Morgan fingerprint density at radius 2 is 0.649 bits per heavy atom. The molecule has 0 aliphatic rings. The third-order valence-corrected chi connectivity index (χ3v) is 31.2. The van der Waals surface area contributed by atoms with Crippen LogP contribution in [0.4, 0.5) is 0 Å². The van der Waals surface area contributed by atoms with Gasteiger partial charge in [-0.1, -0.05) is 69.2 Å². The fraction of sp³-hybridized carbons (Fsp3) is 1.00.